The fraction of sp³-hybridized carbons (Fsp3) is 0.188. The number of phenols is 2. The van der Waals surface area contributed by atoms with Crippen molar-refractivity contribution in [3.63, 3.8) is 0 Å². The number of anilines is 1. The van der Waals surface area contributed by atoms with Gasteiger partial charge in [0.15, 0.2) is 0 Å². The van der Waals surface area contributed by atoms with Crippen LogP contribution in [-0.2, 0) is 0 Å². The van der Waals surface area contributed by atoms with Gasteiger partial charge in [-0.05, 0) is 35.7 Å². The topological polar surface area (TPSA) is 69.6 Å². The quantitative estimate of drug-likeness (QED) is 0.800. The molecular formula is C16H17NO3. The SMILES string of the molecule is CC(C)c1cccc(NC(=O)c2c(O)cccc2O)c1. The lowest BCUT2D eigenvalue weighted by Gasteiger charge is -2.11. The van der Waals surface area contributed by atoms with Crippen LogP contribution < -0.4 is 5.32 Å². The third kappa shape index (κ3) is 2.91. The van der Waals surface area contributed by atoms with Gasteiger partial charge in [0.25, 0.3) is 5.91 Å². The average molecular weight is 271 g/mol. The molecule has 0 spiro atoms. The number of phenolic OH excluding ortho intramolecular Hbond substituents is 2. The third-order valence-electron chi connectivity index (χ3n) is 3.06. The smallest absolute Gasteiger partial charge is 0.263 e. The Kier molecular flexibility index (Phi) is 3.94. The van der Waals surface area contributed by atoms with Gasteiger partial charge in [-0.3, -0.25) is 4.79 Å². The molecule has 104 valence electrons. The summed E-state index contributed by atoms with van der Waals surface area (Å²) in [5.74, 6) is -0.683. The Balaban J connectivity index is 2.26. The van der Waals surface area contributed by atoms with Gasteiger partial charge < -0.3 is 15.5 Å². The predicted octanol–water partition coefficient (Wildman–Crippen LogP) is 3.47. The molecule has 4 heteroatoms. The van der Waals surface area contributed by atoms with Crippen LogP contribution in [0.4, 0.5) is 5.69 Å². The number of hydrogen-bond acceptors (Lipinski definition) is 3. The lowest BCUT2D eigenvalue weighted by atomic mass is 10.0. The van der Waals surface area contributed by atoms with Gasteiger partial charge in [-0.25, -0.2) is 0 Å². The van der Waals surface area contributed by atoms with Crippen molar-refractivity contribution < 1.29 is 15.0 Å². The van der Waals surface area contributed by atoms with Crippen LogP contribution in [0.25, 0.3) is 0 Å². The highest BCUT2D eigenvalue weighted by atomic mass is 16.3. The summed E-state index contributed by atoms with van der Waals surface area (Å²) in [6.07, 6.45) is 0. The summed E-state index contributed by atoms with van der Waals surface area (Å²) in [4.78, 5) is 12.1. The molecular weight excluding hydrogens is 254 g/mol. The maximum absolute atomic E-state index is 12.1. The second kappa shape index (κ2) is 5.65. The van der Waals surface area contributed by atoms with E-state index in [4.69, 9.17) is 0 Å². The first-order chi connectivity index (χ1) is 9.49. The van der Waals surface area contributed by atoms with E-state index in [9.17, 15) is 15.0 Å². The van der Waals surface area contributed by atoms with Crippen LogP contribution in [0.3, 0.4) is 0 Å². The van der Waals surface area contributed by atoms with E-state index >= 15 is 0 Å². The van der Waals surface area contributed by atoms with Gasteiger partial charge in [-0.15, -0.1) is 0 Å². The zero-order valence-electron chi connectivity index (χ0n) is 11.4. The molecule has 4 nitrogen and oxygen atoms in total. The highest BCUT2D eigenvalue weighted by Crippen LogP contribution is 2.27. The molecule has 0 atom stereocenters. The number of nitrogens with one attached hydrogen (secondary N) is 1. The van der Waals surface area contributed by atoms with E-state index in [1.54, 1.807) is 6.07 Å². The first-order valence-electron chi connectivity index (χ1n) is 6.41. The van der Waals surface area contributed by atoms with Gasteiger partial charge in [0.05, 0.1) is 0 Å². The summed E-state index contributed by atoms with van der Waals surface area (Å²) in [5.41, 5.74) is 1.61. The Bertz CT molecular complexity index is 615. The monoisotopic (exact) mass is 271 g/mol. The molecule has 0 saturated heterocycles. The standard InChI is InChI=1S/C16H17NO3/c1-10(2)11-5-3-6-12(9-11)17-16(20)15-13(18)7-4-8-14(15)19/h3-10,18-19H,1-2H3,(H,17,20). The molecule has 0 bridgehead atoms. The number of amides is 1. The van der Waals surface area contributed by atoms with E-state index in [1.807, 2.05) is 18.2 Å². The van der Waals surface area contributed by atoms with Crippen molar-refractivity contribution in [1.82, 2.24) is 0 Å². The van der Waals surface area contributed by atoms with Crippen LogP contribution in [0.5, 0.6) is 11.5 Å². The third-order valence-corrected chi connectivity index (χ3v) is 3.06. The molecule has 3 N–H and O–H groups in total. The first kappa shape index (κ1) is 13.9. The minimum absolute atomic E-state index is 0.123. The minimum atomic E-state index is -0.540. The van der Waals surface area contributed by atoms with E-state index < -0.39 is 5.91 Å². The number of aromatic hydroxyl groups is 2. The summed E-state index contributed by atoms with van der Waals surface area (Å²) in [6, 6.07) is 11.7. The molecule has 0 heterocycles. The van der Waals surface area contributed by atoms with Crippen LogP contribution in [0, 0.1) is 0 Å². The molecule has 0 aromatic heterocycles. The van der Waals surface area contributed by atoms with Crippen LogP contribution >= 0.6 is 0 Å². The maximum atomic E-state index is 12.1. The molecule has 2 aromatic carbocycles. The van der Waals surface area contributed by atoms with E-state index in [0.717, 1.165) is 5.56 Å². The zero-order valence-corrected chi connectivity index (χ0v) is 11.4. The van der Waals surface area contributed by atoms with Gasteiger partial charge in [0, 0.05) is 5.69 Å². The second-order valence-corrected chi connectivity index (χ2v) is 4.91. The van der Waals surface area contributed by atoms with E-state index in [-0.39, 0.29) is 17.1 Å². The molecule has 0 unspecified atom stereocenters. The molecule has 0 aliphatic heterocycles. The summed E-state index contributed by atoms with van der Waals surface area (Å²) in [5, 5.41) is 22.0. The van der Waals surface area contributed by atoms with Crippen molar-refractivity contribution in [2.24, 2.45) is 0 Å². The largest absolute Gasteiger partial charge is 0.507 e. The lowest BCUT2D eigenvalue weighted by Crippen LogP contribution is -2.12. The Labute approximate surface area is 117 Å². The summed E-state index contributed by atoms with van der Waals surface area (Å²) in [6.45, 7) is 4.13. The normalized spacial score (nSPS) is 10.6. The molecule has 0 radical (unpaired) electrons. The van der Waals surface area contributed by atoms with Gasteiger partial charge in [0.1, 0.15) is 17.1 Å². The Morgan fingerprint density at radius 3 is 2.25 bits per heavy atom. The zero-order chi connectivity index (χ0) is 14.7. The average Bonchev–Trinajstić information content (AvgIpc) is 2.38. The van der Waals surface area contributed by atoms with E-state index in [2.05, 4.69) is 19.2 Å². The van der Waals surface area contributed by atoms with Crippen LogP contribution in [0.15, 0.2) is 42.5 Å². The summed E-state index contributed by atoms with van der Waals surface area (Å²) < 4.78 is 0. The molecule has 0 fully saturated rings. The highest BCUT2D eigenvalue weighted by molar-refractivity contribution is 6.08. The fourth-order valence-electron chi connectivity index (χ4n) is 1.93. The van der Waals surface area contributed by atoms with Crippen LogP contribution in [0.2, 0.25) is 0 Å². The number of carbonyl (C=O) groups is 1. The summed E-state index contributed by atoms with van der Waals surface area (Å²) in [7, 11) is 0. The molecule has 2 aromatic rings. The van der Waals surface area contributed by atoms with Gasteiger partial charge in [-0.1, -0.05) is 32.0 Å². The highest BCUT2D eigenvalue weighted by Gasteiger charge is 2.16. The molecule has 1 amide bonds. The van der Waals surface area contributed by atoms with Crippen molar-refractivity contribution in [2.75, 3.05) is 5.32 Å². The van der Waals surface area contributed by atoms with Crippen LogP contribution in [-0.4, -0.2) is 16.1 Å². The first-order valence-corrected chi connectivity index (χ1v) is 6.41. The van der Waals surface area contributed by atoms with Crippen molar-refractivity contribution in [3.05, 3.63) is 53.6 Å². The van der Waals surface area contributed by atoms with Crippen molar-refractivity contribution in [2.45, 2.75) is 19.8 Å². The molecule has 0 saturated carbocycles. The minimum Gasteiger partial charge on any atom is -0.507 e. The molecule has 2 rings (SSSR count). The molecule has 0 aliphatic rings. The van der Waals surface area contributed by atoms with Gasteiger partial charge in [0.2, 0.25) is 0 Å². The van der Waals surface area contributed by atoms with Gasteiger partial charge in [-0.2, -0.15) is 0 Å². The van der Waals surface area contributed by atoms with E-state index in [0.29, 0.717) is 11.6 Å². The Hall–Kier alpha value is -2.49. The number of carbonyl (C=O) groups excluding carboxylic acids is 1. The number of hydrogen-bond donors (Lipinski definition) is 3. The number of rotatable bonds is 3. The second-order valence-electron chi connectivity index (χ2n) is 4.91. The Morgan fingerprint density at radius 2 is 1.65 bits per heavy atom. The fourth-order valence-corrected chi connectivity index (χ4v) is 1.93. The van der Waals surface area contributed by atoms with Crippen molar-refractivity contribution in [1.29, 1.82) is 0 Å². The van der Waals surface area contributed by atoms with Crippen molar-refractivity contribution in [3.8, 4) is 11.5 Å². The maximum Gasteiger partial charge on any atom is 0.263 e. The summed E-state index contributed by atoms with van der Waals surface area (Å²) >= 11 is 0. The van der Waals surface area contributed by atoms with Gasteiger partial charge >= 0.3 is 0 Å². The molecule has 20 heavy (non-hydrogen) atoms. The predicted molar refractivity (Wildman–Crippen MR) is 78.3 cm³/mol. The molecule has 0 aliphatic carbocycles. The van der Waals surface area contributed by atoms with Crippen LogP contribution in [0.1, 0.15) is 35.7 Å². The van der Waals surface area contributed by atoms with E-state index in [1.165, 1.54) is 18.2 Å². The Morgan fingerprint density at radius 1 is 1.05 bits per heavy atom. The lowest BCUT2D eigenvalue weighted by molar-refractivity contribution is 0.102. The number of benzene rings is 2. The van der Waals surface area contributed by atoms with Crippen molar-refractivity contribution >= 4 is 11.6 Å².